The van der Waals surface area contributed by atoms with Crippen LogP contribution >= 0.6 is 0 Å². The van der Waals surface area contributed by atoms with Crippen LogP contribution < -0.4 is 0 Å². The number of ether oxygens (including phenoxy) is 1. The van der Waals surface area contributed by atoms with Crippen LogP contribution in [-0.2, 0) is 4.74 Å². The zero-order chi connectivity index (χ0) is 13.4. The summed E-state index contributed by atoms with van der Waals surface area (Å²) < 4.78 is 5.94. The molecule has 1 saturated heterocycles. The zero-order valence-corrected chi connectivity index (χ0v) is 11.9. The Labute approximate surface area is 105 Å². The van der Waals surface area contributed by atoms with Crippen LogP contribution in [-0.4, -0.2) is 58.7 Å². The lowest BCUT2D eigenvalue weighted by atomic mass is 9.84. The molecule has 1 heterocycles. The lowest BCUT2D eigenvalue weighted by molar-refractivity contribution is -0.0914. The molecule has 3 unspecified atom stereocenters. The van der Waals surface area contributed by atoms with Crippen LogP contribution in [0.25, 0.3) is 0 Å². The predicted octanol–water partition coefficient (Wildman–Crippen LogP) is 0.863. The summed E-state index contributed by atoms with van der Waals surface area (Å²) in [6, 6.07) is 0.0988. The average Bonchev–Trinajstić information content (AvgIpc) is 2.35. The minimum absolute atomic E-state index is 0.0523. The summed E-state index contributed by atoms with van der Waals surface area (Å²) in [6.07, 6.45) is -0.481. The fourth-order valence-corrected chi connectivity index (χ4v) is 2.63. The monoisotopic (exact) mass is 245 g/mol. The van der Waals surface area contributed by atoms with Crippen LogP contribution in [0.4, 0.5) is 0 Å². The Bertz CT molecular complexity index is 265. The van der Waals surface area contributed by atoms with E-state index in [-0.39, 0.29) is 24.2 Å². The first-order chi connectivity index (χ1) is 7.62. The molecule has 0 amide bonds. The maximum absolute atomic E-state index is 10.3. The summed E-state index contributed by atoms with van der Waals surface area (Å²) in [5.41, 5.74) is -0.843. The van der Waals surface area contributed by atoms with Gasteiger partial charge in [-0.3, -0.25) is 0 Å². The van der Waals surface area contributed by atoms with E-state index in [4.69, 9.17) is 9.84 Å². The number of aliphatic hydroxyl groups excluding tert-OH is 2. The van der Waals surface area contributed by atoms with E-state index in [1.165, 1.54) is 0 Å². The van der Waals surface area contributed by atoms with E-state index < -0.39 is 11.7 Å². The molecule has 0 saturated carbocycles. The van der Waals surface area contributed by atoms with Gasteiger partial charge in [0, 0.05) is 18.5 Å². The van der Waals surface area contributed by atoms with Crippen molar-refractivity contribution < 1.29 is 14.9 Å². The van der Waals surface area contributed by atoms with E-state index in [9.17, 15) is 5.11 Å². The summed E-state index contributed by atoms with van der Waals surface area (Å²) in [5, 5.41) is 19.5. The summed E-state index contributed by atoms with van der Waals surface area (Å²) >= 11 is 0. The van der Waals surface area contributed by atoms with Gasteiger partial charge >= 0.3 is 0 Å². The summed E-state index contributed by atoms with van der Waals surface area (Å²) in [7, 11) is 1.97. The molecule has 0 aromatic rings. The Hall–Kier alpha value is -0.160. The largest absolute Gasteiger partial charge is 0.395 e. The van der Waals surface area contributed by atoms with Crippen LogP contribution in [0.5, 0.6) is 0 Å². The van der Waals surface area contributed by atoms with Crippen LogP contribution in [0.15, 0.2) is 0 Å². The lowest BCUT2D eigenvalue weighted by Gasteiger charge is -2.33. The first kappa shape index (κ1) is 14.9. The van der Waals surface area contributed by atoms with Gasteiger partial charge in [0.05, 0.1) is 23.9 Å². The predicted molar refractivity (Wildman–Crippen MR) is 67.9 cm³/mol. The van der Waals surface area contributed by atoms with Crippen LogP contribution in [0, 0.1) is 5.92 Å². The normalized spacial score (nSPS) is 33.0. The van der Waals surface area contributed by atoms with Crippen molar-refractivity contribution in [2.75, 3.05) is 20.2 Å². The van der Waals surface area contributed by atoms with Gasteiger partial charge in [0.15, 0.2) is 0 Å². The molecule has 0 radical (unpaired) electrons. The third-order valence-corrected chi connectivity index (χ3v) is 4.01. The maximum Gasteiger partial charge on any atom is 0.0896 e. The molecule has 3 atom stereocenters. The van der Waals surface area contributed by atoms with Gasteiger partial charge in [0.25, 0.3) is 0 Å². The van der Waals surface area contributed by atoms with E-state index in [0.717, 1.165) is 6.54 Å². The number of hydrogen-bond donors (Lipinski definition) is 2. The number of likely N-dealkylation sites (N-methyl/N-ethyl adjacent to an activating group) is 1. The second-order valence-electron chi connectivity index (χ2n) is 6.33. The van der Waals surface area contributed by atoms with Gasteiger partial charge in [-0.15, -0.1) is 0 Å². The molecule has 4 nitrogen and oxygen atoms in total. The topological polar surface area (TPSA) is 52.9 Å². The molecule has 2 N–H and O–H groups in total. The van der Waals surface area contributed by atoms with Crippen molar-refractivity contribution in [2.24, 2.45) is 5.92 Å². The molecule has 0 aromatic carbocycles. The van der Waals surface area contributed by atoms with Gasteiger partial charge < -0.3 is 19.8 Å². The molecule has 0 aromatic heterocycles. The molecule has 1 aliphatic heterocycles. The average molecular weight is 245 g/mol. The van der Waals surface area contributed by atoms with Crippen LogP contribution in [0.2, 0.25) is 0 Å². The Kier molecular flexibility index (Phi) is 4.24. The van der Waals surface area contributed by atoms with Crippen molar-refractivity contribution in [2.45, 2.75) is 58.0 Å². The van der Waals surface area contributed by atoms with Crippen LogP contribution in [0.1, 0.15) is 34.6 Å². The fourth-order valence-electron chi connectivity index (χ4n) is 2.63. The molecule has 4 heteroatoms. The smallest absolute Gasteiger partial charge is 0.0896 e. The highest BCUT2D eigenvalue weighted by Crippen LogP contribution is 2.42. The van der Waals surface area contributed by atoms with E-state index in [0.29, 0.717) is 0 Å². The number of aliphatic hydroxyl groups is 2. The maximum atomic E-state index is 10.3. The summed E-state index contributed by atoms with van der Waals surface area (Å²) in [4.78, 5) is 2.07. The molecular weight excluding hydrogens is 218 g/mol. The van der Waals surface area contributed by atoms with Gasteiger partial charge in [0.2, 0.25) is 0 Å². The molecule has 0 bridgehead atoms. The molecule has 0 aliphatic carbocycles. The van der Waals surface area contributed by atoms with Gasteiger partial charge in [-0.1, -0.05) is 0 Å². The second kappa shape index (κ2) is 4.84. The van der Waals surface area contributed by atoms with Gasteiger partial charge in [-0.2, -0.15) is 0 Å². The van der Waals surface area contributed by atoms with Crippen molar-refractivity contribution in [1.82, 2.24) is 4.90 Å². The molecule has 102 valence electrons. The van der Waals surface area contributed by atoms with E-state index in [1.807, 2.05) is 41.7 Å². The first-order valence-corrected chi connectivity index (χ1v) is 6.31. The SMILES string of the molecule is CC(CO)N(C)CC1C(O)C(C)(C)OC1(C)C. The van der Waals surface area contributed by atoms with Gasteiger partial charge in [-0.05, 0) is 41.7 Å². The third-order valence-electron chi connectivity index (χ3n) is 4.01. The highest BCUT2D eigenvalue weighted by Gasteiger charge is 2.53. The second-order valence-corrected chi connectivity index (χ2v) is 6.33. The van der Waals surface area contributed by atoms with Gasteiger partial charge in [-0.25, -0.2) is 0 Å². The third kappa shape index (κ3) is 2.99. The highest BCUT2D eigenvalue weighted by atomic mass is 16.5. The quantitative estimate of drug-likeness (QED) is 0.771. The van der Waals surface area contributed by atoms with Gasteiger partial charge in [0.1, 0.15) is 0 Å². The van der Waals surface area contributed by atoms with E-state index >= 15 is 0 Å². The molecule has 1 rings (SSSR count). The highest BCUT2D eigenvalue weighted by molar-refractivity contribution is 5.02. The Morgan fingerprint density at radius 3 is 2.12 bits per heavy atom. The van der Waals surface area contributed by atoms with Crippen molar-refractivity contribution in [3.05, 3.63) is 0 Å². The van der Waals surface area contributed by atoms with Crippen LogP contribution in [0.3, 0.4) is 0 Å². The first-order valence-electron chi connectivity index (χ1n) is 6.31. The molecule has 0 spiro atoms. The van der Waals surface area contributed by atoms with E-state index in [2.05, 4.69) is 4.90 Å². The van der Waals surface area contributed by atoms with Crippen molar-refractivity contribution in [3.8, 4) is 0 Å². The van der Waals surface area contributed by atoms with E-state index in [1.54, 1.807) is 0 Å². The Balaban J connectivity index is 2.76. The molecule has 17 heavy (non-hydrogen) atoms. The summed E-state index contributed by atoms with van der Waals surface area (Å²) in [6.45, 7) is 10.7. The standard InChI is InChI=1S/C13H27NO3/c1-9(8-15)14(6)7-10-11(16)13(4,5)17-12(10,2)3/h9-11,15-16H,7-8H2,1-6H3. The Morgan fingerprint density at radius 2 is 1.76 bits per heavy atom. The number of nitrogens with zero attached hydrogens (tertiary/aromatic N) is 1. The van der Waals surface area contributed by atoms with Crippen molar-refractivity contribution >= 4 is 0 Å². The fraction of sp³-hybridized carbons (Fsp3) is 1.00. The van der Waals surface area contributed by atoms with Crippen molar-refractivity contribution in [3.63, 3.8) is 0 Å². The Morgan fingerprint density at radius 1 is 1.24 bits per heavy atom. The molecular formula is C13H27NO3. The lowest BCUT2D eigenvalue weighted by Crippen LogP contribution is -2.45. The summed E-state index contributed by atoms with van der Waals surface area (Å²) in [5.74, 6) is 0.0523. The number of hydrogen-bond acceptors (Lipinski definition) is 4. The molecule has 1 aliphatic rings. The molecule has 1 fully saturated rings. The number of rotatable bonds is 4. The van der Waals surface area contributed by atoms with Crippen molar-refractivity contribution in [1.29, 1.82) is 0 Å². The minimum atomic E-state index is -0.503. The zero-order valence-electron chi connectivity index (χ0n) is 11.9. The minimum Gasteiger partial charge on any atom is -0.395 e.